The largest absolute Gasteiger partial charge is 0.495 e. The minimum absolute atomic E-state index is 0.515. The molecular weight excluding hydrogens is 258 g/mol. The third kappa shape index (κ3) is 1.74. The number of nitrogens with zero attached hydrogens (tertiary/aromatic N) is 1. The average molecular weight is 273 g/mol. The molecule has 0 fully saturated rings. The lowest BCUT2D eigenvalue weighted by Gasteiger charge is -2.13. The number of pyridine rings is 1. The Morgan fingerprint density at radius 1 is 1.05 bits per heavy atom. The first kappa shape index (κ1) is 12.6. The molecular formula is C15H15NO4. The molecule has 0 aliphatic heterocycles. The molecule has 20 heavy (non-hydrogen) atoms. The van der Waals surface area contributed by atoms with Crippen molar-refractivity contribution in [3.63, 3.8) is 0 Å². The maximum absolute atomic E-state index is 5.57. The predicted octanol–water partition coefficient (Wildman–Crippen LogP) is 3.40. The highest BCUT2D eigenvalue weighted by Crippen LogP contribution is 2.41. The smallest absolute Gasteiger partial charge is 0.230 e. The Morgan fingerprint density at radius 2 is 1.85 bits per heavy atom. The lowest BCUT2D eigenvalue weighted by Crippen LogP contribution is -1.98. The van der Waals surface area contributed by atoms with Gasteiger partial charge in [-0.25, -0.2) is 4.98 Å². The standard InChI is InChI=1S/C15H15NO4/c1-4-19-11-6-5-9-12(14(11)18-3)16-15-10(7-8-20-15)13(9)17-2/h5-8H,4H2,1-3H3. The van der Waals surface area contributed by atoms with Gasteiger partial charge in [-0.3, -0.25) is 0 Å². The molecule has 0 aliphatic rings. The molecule has 0 atom stereocenters. The second-order valence-electron chi connectivity index (χ2n) is 4.21. The van der Waals surface area contributed by atoms with Gasteiger partial charge in [0.1, 0.15) is 11.3 Å². The summed E-state index contributed by atoms with van der Waals surface area (Å²) in [6, 6.07) is 5.62. The lowest BCUT2D eigenvalue weighted by molar-refractivity contribution is 0.312. The van der Waals surface area contributed by atoms with E-state index in [1.165, 1.54) is 0 Å². The Morgan fingerprint density at radius 3 is 2.55 bits per heavy atom. The second-order valence-corrected chi connectivity index (χ2v) is 4.21. The van der Waals surface area contributed by atoms with Crippen molar-refractivity contribution in [2.45, 2.75) is 6.92 Å². The van der Waals surface area contributed by atoms with Crippen molar-refractivity contribution in [3.8, 4) is 17.2 Å². The minimum Gasteiger partial charge on any atom is -0.495 e. The normalized spacial score (nSPS) is 10.9. The van der Waals surface area contributed by atoms with Crippen LogP contribution in [0.25, 0.3) is 22.0 Å². The topological polar surface area (TPSA) is 53.7 Å². The van der Waals surface area contributed by atoms with Crippen LogP contribution in [0.5, 0.6) is 17.2 Å². The van der Waals surface area contributed by atoms with E-state index in [0.29, 0.717) is 29.3 Å². The number of benzene rings is 1. The Labute approximate surface area is 116 Å². The summed E-state index contributed by atoms with van der Waals surface area (Å²) in [5.74, 6) is 1.96. The van der Waals surface area contributed by atoms with Gasteiger partial charge in [-0.1, -0.05) is 0 Å². The van der Waals surface area contributed by atoms with E-state index in [1.54, 1.807) is 20.5 Å². The molecule has 0 bridgehead atoms. The van der Waals surface area contributed by atoms with Crippen LogP contribution in [0.3, 0.4) is 0 Å². The first-order valence-corrected chi connectivity index (χ1v) is 6.34. The van der Waals surface area contributed by atoms with E-state index >= 15 is 0 Å². The summed E-state index contributed by atoms with van der Waals surface area (Å²) in [7, 11) is 3.22. The van der Waals surface area contributed by atoms with Crippen LogP contribution in [0.2, 0.25) is 0 Å². The monoisotopic (exact) mass is 273 g/mol. The van der Waals surface area contributed by atoms with Gasteiger partial charge >= 0.3 is 0 Å². The van der Waals surface area contributed by atoms with E-state index in [2.05, 4.69) is 4.98 Å². The fourth-order valence-corrected chi connectivity index (χ4v) is 2.34. The highest BCUT2D eigenvalue weighted by molar-refractivity contribution is 6.02. The second kappa shape index (κ2) is 4.92. The van der Waals surface area contributed by atoms with E-state index in [0.717, 1.165) is 16.5 Å². The molecule has 0 unspecified atom stereocenters. The lowest BCUT2D eigenvalue weighted by atomic mass is 10.1. The van der Waals surface area contributed by atoms with E-state index in [9.17, 15) is 0 Å². The molecule has 0 saturated carbocycles. The first-order chi connectivity index (χ1) is 9.80. The number of ether oxygens (including phenoxy) is 3. The molecule has 2 heterocycles. The minimum atomic E-state index is 0.515. The molecule has 0 aliphatic carbocycles. The maximum Gasteiger partial charge on any atom is 0.230 e. The number of rotatable bonds is 4. The van der Waals surface area contributed by atoms with Crippen molar-refractivity contribution < 1.29 is 18.6 Å². The van der Waals surface area contributed by atoms with Crippen LogP contribution in [0, 0.1) is 0 Å². The van der Waals surface area contributed by atoms with E-state index in [4.69, 9.17) is 18.6 Å². The Balaban J connectivity index is 2.41. The van der Waals surface area contributed by atoms with Crippen molar-refractivity contribution in [2.75, 3.05) is 20.8 Å². The number of hydrogen-bond donors (Lipinski definition) is 0. The van der Waals surface area contributed by atoms with Crippen LogP contribution < -0.4 is 14.2 Å². The number of aromatic nitrogens is 1. The zero-order chi connectivity index (χ0) is 14.1. The van der Waals surface area contributed by atoms with Crippen molar-refractivity contribution in [1.82, 2.24) is 4.98 Å². The first-order valence-electron chi connectivity index (χ1n) is 6.34. The third-order valence-corrected chi connectivity index (χ3v) is 3.15. The molecule has 3 aromatic rings. The van der Waals surface area contributed by atoms with Gasteiger partial charge in [0.15, 0.2) is 11.5 Å². The summed E-state index contributed by atoms with van der Waals surface area (Å²) in [4.78, 5) is 4.51. The van der Waals surface area contributed by atoms with Crippen molar-refractivity contribution in [2.24, 2.45) is 0 Å². The highest BCUT2D eigenvalue weighted by atomic mass is 16.5. The predicted molar refractivity (Wildman–Crippen MR) is 75.8 cm³/mol. The van der Waals surface area contributed by atoms with Crippen molar-refractivity contribution in [1.29, 1.82) is 0 Å². The van der Waals surface area contributed by atoms with Crippen LogP contribution >= 0.6 is 0 Å². The Hall–Kier alpha value is -2.43. The summed E-state index contributed by atoms with van der Waals surface area (Å²) < 4.78 is 21.9. The molecule has 3 rings (SSSR count). The highest BCUT2D eigenvalue weighted by Gasteiger charge is 2.18. The number of methoxy groups -OCH3 is 2. The molecule has 1 aromatic carbocycles. The van der Waals surface area contributed by atoms with Crippen LogP contribution in [-0.2, 0) is 0 Å². The van der Waals surface area contributed by atoms with Gasteiger partial charge in [0.25, 0.3) is 0 Å². The zero-order valence-electron chi connectivity index (χ0n) is 11.6. The summed E-state index contributed by atoms with van der Waals surface area (Å²) >= 11 is 0. The van der Waals surface area contributed by atoms with Crippen LogP contribution in [0.4, 0.5) is 0 Å². The van der Waals surface area contributed by atoms with Crippen LogP contribution in [0.1, 0.15) is 6.92 Å². The fraction of sp³-hybridized carbons (Fsp3) is 0.267. The molecule has 2 aromatic heterocycles. The summed E-state index contributed by atoms with van der Waals surface area (Å²) in [5, 5.41) is 1.70. The average Bonchev–Trinajstić information content (AvgIpc) is 2.92. The molecule has 0 amide bonds. The molecule has 104 valence electrons. The quantitative estimate of drug-likeness (QED) is 0.729. The molecule has 0 N–H and O–H groups in total. The van der Waals surface area contributed by atoms with Crippen LogP contribution in [-0.4, -0.2) is 25.8 Å². The zero-order valence-corrected chi connectivity index (χ0v) is 11.6. The molecule has 0 saturated heterocycles. The van der Waals surface area contributed by atoms with Gasteiger partial charge in [0.2, 0.25) is 5.71 Å². The molecule has 5 nitrogen and oxygen atoms in total. The van der Waals surface area contributed by atoms with Gasteiger partial charge in [0, 0.05) is 5.39 Å². The van der Waals surface area contributed by atoms with E-state index in [-0.39, 0.29) is 0 Å². The maximum atomic E-state index is 5.57. The molecule has 0 radical (unpaired) electrons. The van der Waals surface area contributed by atoms with Crippen molar-refractivity contribution in [3.05, 3.63) is 24.5 Å². The van der Waals surface area contributed by atoms with Gasteiger partial charge in [-0.2, -0.15) is 0 Å². The van der Waals surface area contributed by atoms with Gasteiger partial charge in [-0.05, 0) is 25.1 Å². The van der Waals surface area contributed by atoms with Gasteiger partial charge < -0.3 is 18.6 Å². The van der Waals surface area contributed by atoms with Gasteiger partial charge in [0.05, 0.1) is 32.5 Å². The van der Waals surface area contributed by atoms with E-state index < -0.39 is 0 Å². The summed E-state index contributed by atoms with van der Waals surface area (Å²) in [6.07, 6.45) is 1.59. The Bertz CT molecular complexity index is 763. The number of furan rings is 1. The number of hydrogen-bond acceptors (Lipinski definition) is 5. The SMILES string of the molecule is CCOc1ccc2c(OC)c3ccoc3nc2c1OC. The number of fused-ring (bicyclic) bond motifs is 2. The van der Waals surface area contributed by atoms with E-state index in [1.807, 2.05) is 25.1 Å². The molecule has 0 spiro atoms. The summed E-state index contributed by atoms with van der Waals surface area (Å²) in [6.45, 7) is 2.48. The van der Waals surface area contributed by atoms with Crippen molar-refractivity contribution >= 4 is 22.0 Å². The Kier molecular flexibility index (Phi) is 3.10. The molecule has 5 heteroatoms. The fourth-order valence-electron chi connectivity index (χ4n) is 2.34. The van der Waals surface area contributed by atoms with Crippen LogP contribution in [0.15, 0.2) is 28.9 Å². The van der Waals surface area contributed by atoms with Gasteiger partial charge in [-0.15, -0.1) is 0 Å². The summed E-state index contributed by atoms with van der Waals surface area (Å²) in [5.41, 5.74) is 1.18. The third-order valence-electron chi connectivity index (χ3n) is 3.15.